The third-order valence-corrected chi connectivity index (χ3v) is 3.49. The molecule has 1 N–H and O–H groups in total. The lowest BCUT2D eigenvalue weighted by Crippen LogP contribution is -2.59. The third-order valence-electron chi connectivity index (χ3n) is 3.49. The summed E-state index contributed by atoms with van der Waals surface area (Å²) < 4.78 is 11.1. The molecule has 1 heterocycles. The second kappa shape index (κ2) is 5.09. The van der Waals surface area contributed by atoms with Gasteiger partial charge in [0, 0.05) is 18.0 Å². The number of methoxy groups -OCH3 is 1. The Kier molecular flexibility index (Phi) is 3.78. The number of hydrogen-bond acceptors (Lipinski definition) is 4. The minimum Gasteiger partial charge on any atom is -0.487 e. The summed E-state index contributed by atoms with van der Waals surface area (Å²) in [5.74, 6) is 0.470. The molecule has 0 saturated carbocycles. The fourth-order valence-electron chi connectivity index (χ4n) is 3.01. The number of carbonyl (C=O) groups is 1. The highest BCUT2D eigenvalue weighted by atomic mass is 16.5. The van der Waals surface area contributed by atoms with Gasteiger partial charge < -0.3 is 9.47 Å². The second-order valence-electron chi connectivity index (χ2n) is 6.23. The fraction of sp³-hybridized carbons (Fsp3) is 0.562. The molecule has 1 aromatic rings. The molecule has 4 nitrogen and oxygen atoms in total. The number of benzene rings is 1. The highest BCUT2D eigenvalue weighted by molar-refractivity contribution is 5.84. The summed E-state index contributed by atoms with van der Waals surface area (Å²) in [6, 6.07) is 7.81. The predicted octanol–water partition coefficient (Wildman–Crippen LogP) is 2.61. The van der Waals surface area contributed by atoms with Crippen LogP contribution in [-0.2, 0) is 15.1 Å². The van der Waals surface area contributed by atoms with Crippen molar-refractivity contribution >= 4 is 5.97 Å². The van der Waals surface area contributed by atoms with Gasteiger partial charge in [-0.05, 0) is 33.8 Å². The maximum Gasteiger partial charge on any atom is 0.331 e. The zero-order valence-corrected chi connectivity index (χ0v) is 12.8. The zero-order valence-electron chi connectivity index (χ0n) is 12.8. The summed E-state index contributed by atoms with van der Waals surface area (Å²) in [7, 11) is 1.43. The standard InChI is InChI=1S/C16H23NO3/c1-11(2)17-16(14(18)19-5)10-15(3,4)20-13-9-7-6-8-12(13)16/h6-9,11,17H,10H2,1-5H3. The summed E-state index contributed by atoms with van der Waals surface area (Å²) in [6.45, 7) is 8.02. The Morgan fingerprint density at radius 1 is 1.35 bits per heavy atom. The summed E-state index contributed by atoms with van der Waals surface area (Å²) in [5, 5.41) is 3.40. The topological polar surface area (TPSA) is 47.6 Å². The summed E-state index contributed by atoms with van der Waals surface area (Å²) in [4.78, 5) is 12.5. The number of nitrogens with one attached hydrogen (secondary N) is 1. The van der Waals surface area contributed by atoms with E-state index >= 15 is 0 Å². The molecule has 1 aliphatic heterocycles. The first kappa shape index (κ1) is 14.9. The Hall–Kier alpha value is -1.55. The van der Waals surface area contributed by atoms with Crippen LogP contribution in [0.15, 0.2) is 24.3 Å². The average molecular weight is 277 g/mol. The van der Waals surface area contributed by atoms with E-state index in [2.05, 4.69) is 5.32 Å². The lowest BCUT2D eigenvalue weighted by atomic mass is 9.77. The maximum absolute atomic E-state index is 12.5. The van der Waals surface area contributed by atoms with Gasteiger partial charge in [-0.1, -0.05) is 18.2 Å². The Morgan fingerprint density at radius 2 is 2.00 bits per heavy atom. The molecule has 0 saturated heterocycles. The van der Waals surface area contributed by atoms with E-state index in [1.54, 1.807) is 0 Å². The first-order chi connectivity index (χ1) is 9.31. The smallest absolute Gasteiger partial charge is 0.331 e. The van der Waals surface area contributed by atoms with Crippen LogP contribution in [0.4, 0.5) is 0 Å². The Balaban J connectivity index is 2.62. The number of para-hydroxylation sites is 1. The molecule has 0 fully saturated rings. The van der Waals surface area contributed by atoms with Crippen molar-refractivity contribution in [2.45, 2.75) is 51.3 Å². The Labute approximate surface area is 120 Å². The molecule has 0 aromatic heterocycles. The van der Waals surface area contributed by atoms with Crippen molar-refractivity contribution in [2.75, 3.05) is 7.11 Å². The monoisotopic (exact) mass is 277 g/mol. The van der Waals surface area contributed by atoms with Crippen LogP contribution >= 0.6 is 0 Å². The largest absolute Gasteiger partial charge is 0.487 e. The molecule has 1 unspecified atom stereocenters. The molecule has 2 rings (SSSR count). The van der Waals surface area contributed by atoms with Crippen molar-refractivity contribution in [3.63, 3.8) is 0 Å². The van der Waals surface area contributed by atoms with Crippen molar-refractivity contribution in [3.8, 4) is 5.75 Å². The van der Waals surface area contributed by atoms with Crippen molar-refractivity contribution in [3.05, 3.63) is 29.8 Å². The van der Waals surface area contributed by atoms with E-state index in [9.17, 15) is 4.79 Å². The van der Waals surface area contributed by atoms with Gasteiger partial charge in [0.2, 0.25) is 0 Å². The van der Waals surface area contributed by atoms with Gasteiger partial charge >= 0.3 is 5.97 Å². The van der Waals surface area contributed by atoms with Gasteiger partial charge in [0.1, 0.15) is 16.9 Å². The lowest BCUT2D eigenvalue weighted by molar-refractivity contribution is -0.153. The summed E-state index contributed by atoms with van der Waals surface area (Å²) in [6.07, 6.45) is 0.530. The van der Waals surface area contributed by atoms with Crippen LogP contribution in [-0.4, -0.2) is 24.7 Å². The van der Waals surface area contributed by atoms with Gasteiger partial charge in [-0.2, -0.15) is 0 Å². The van der Waals surface area contributed by atoms with Crippen LogP contribution in [0.1, 0.15) is 39.7 Å². The molecular weight excluding hydrogens is 254 g/mol. The van der Waals surface area contributed by atoms with Crippen LogP contribution in [0.25, 0.3) is 0 Å². The molecule has 0 bridgehead atoms. The summed E-state index contributed by atoms with van der Waals surface area (Å²) in [5.41, 5.74) is -0.453. The lowest BCUT2D eigenvalue weighted by Gasteiger charge is -2.45. The number of carbonyl (C=O) groups excluding carboxylic acids is 1. The predicted molar refractivity (Wildman–Crippen MR) is 77.7 cm³/mol. The number of hydrogen-bond donors (Lipinski definition) is 1. The molecule has 4 heteroatoms. The highest BCUT2D eigenvalue weighted by Gasteiger charge is 2.51. The van der Waals surface area contributed by atoms with Crippen LogP contribution in [0.3, 0.4) is 0 Å². The van der Waals surface area contributed by atoms with Crippen LogP contribution in [0.5, 0.6) is 5.75 Å². The number of ether oxygens (including phenoxy) is 2. The molecule has 0 spiro atoms. The van der Waals surface area contributed by atoms with Gasteiger partial charge in [-0.15, -0.1) is 0 Å². The first-order valence-electron chi connectivity index (χ1n) is 6.95. The zero-order chi connectivity index (χ0) is 15.0. The second-order valence-corrected chi connectivity index (χ2v) is 6.23. The molecule has 1 atom stereocenters. The van der Waals surface area contributed by atoms with E-state index in [0.717, 1.165) is 11.3 Å². The minimum atomic E-state index is -0.860. The van der Waals surface area contributed by atoms with Crippen LogP contribution in [0, 0.1) is 0 Å². The average Bonchev–Trinajstić information content (AvgIpc) is 2.35. The number of esters is 1. The SMILES string of the molecule is COC(=O)C1(NC(C)C)CC(C)(C)Oc2ccccc21. The normalized spacial score (nSPS) is 23.9. The van der Waals surface area contributed by atoms with Crippen molar-refractivity contribution < 1.29 is 14.3 Å². The van der Waals surface area contributed by atoms with E-state index in [1.807, 2.05) is 52.0 Å². The maximum atomic E-state index is 12.5. The fourth-order valence-corrected chi connectivity index (χ4v) is 3.01. The Bertz CT molecular complexity index is 510. The molecule has 0 radical (unpaired) electrons. The van der Waals surface area contributed by atoms with Gasteiger partial charge in [0.25, 0.3) is 0 Å². The van der Waals surface area contributed by atoms with Gasteiger partial charge in [0.05, 0.1) is 7.11 Å². The molecule has 1 aliphatic rings. The quantitative estimate of drug-likeness (QED) is 0.863. The van der Waals surface area contributed by atoms with Gasteiger partial charge in [0.15, 0.2) is 0 Å². The van der Waals surface area contributed by atoms with Gasteiger partial charge in [-0.25, -0.2) is 4.79 Å². The van der Waals surface area contributed by atoms with Gasteiger partial charge in [-0.3, -0.25) is 5.32 Å². The molecule has 110 valence electrons. The molecular formula is C16H23NO3. The van der Waals surface area contributed by atoms with E-state index < -0.39 is 11.1 Å². The molecule has 0 aliphatic carbocycles. The number of fused-ring (bicyclic) bond motifs is 1. The van der Waals surface area contributed by atoms with Crippen molar-refractivity contribution in [1.82, 2.24) is 5.32 Å². The van der Waals surface area contributed by atoms with E-state index in [0.29, 0.717) is 6.42 Å². The molecule has 1 aromatic carbocycles. The van der Waals surface area contributed by atoms with E-state index in [1.165, 1.54) is 7.11 Å². The summed E-state index contributed by atoms with van der Waals surface area (Å²) >= 11 is 0. The Morgan fingerprint density at radius 3 is 2.60 bits per heavy atom. The third kappa shape index (κ3) is 2.52. The molecule has 0 amide bonds. The minimum absolute atomic E-state index is 0.149. The number of rotatable bonds is 3. The van der Waals surface area contributed by atoms with Crippen molar-refractivity contribution in [2.24, 2.45) is 0 Å². The van der Waals surface area contributed by atoms with E-state index in [-0.39, 0.29) is 12.0 Å². The highest BCUT2D eigenvalue weighted by Crippen LogP contribution is 2.44. The first-order valence-corrected chi connectivity index (χ1v) is 6.95. The van der Waals surface area contributed by atoms with Crippen LogP contribution < -0.4 is 10.1 Å². The van der Waals surface area contributed by atoms with E-state index in [4.69, 9.17) is 9.47 Å². The molecule has 20 heavy (non-hydrogen) atoms. The van der Waals surface area contributed by atoms with Crippen molar-refractivity contribution in [1.29, 1.82) is 0 Å². The van der Waals surface area contributed by atoms with Crippen LogP contribution in [0.2, 0.25) is 0 Å².